The number of nitro benzene ring substituents is 1. The molecule has 1 atom stereocenters. The van der Waals surface area contributed by atoms with Gasteiger partial charge >= 0.3 is 5.97 Å². The number of hydrogen-bond donors (Lipinski definition) is 1. The smallest absolute Gasteiger partial charge is 0.311 e. The Morgan fingerprint density at radius 2 is 1.85 bits per heavy atom. The van der Waals surface area contributed by atoms with Crippen molar-refractivity contribution in [3.63, 3.8) is 0 Å². The van der Waals surface area contributed by atoms with Crippen LogP contribution in [0.1, 0.15) is 17.0 Å². The molecule has 0 bridgehead atoms. The number of nitrogens with zero attached hydrogens (tertiary/aromatic N) is 1. The van der Waals surface area contributed by atoms with Gasteiger partial charge in [0.15, 0.2) is 0 Å². The Hall–Kier alpha value is -2.69. The molecule has 20 heavy (non-hydrogen) atoms. The molecule has 0 aliphatic heterocycles. The Morgan fingerprint density at radius 1 is 1.15 bits per heavy atom. The highest BCUT2D eigenvalue weighted by atomic mass is 16.6. The van der Waals surface area contributed by atoms with Crippen LogP contribution in [0.3, 0.4) is 0 Å². The Bertz CT molecular complexity index is 625. The van der Waals surface area contributed by atoms with E-state index in [2.05, 4.69) is 0 Å². The van der Waals surface area contributed by atoms with Crippen molar-refractivity contribution in [2.45, 2.75) is 12.3 Å². The first kappa shape index (κ1) is 13.7. The highest BCUT2D eigenvalue weighted by Gasteiger charge is 2.20. The van der Waals surface area contributed by atoms with Crippen molar-refractivity contribution in [3.8, 4) is 0 Å². The molecule has 2 aromatic carbocycles. The van der Waals surface area contributed by atoms with Crippen molar-refractivity contribution >= 4 is 11.7 Å². The van der Waals surface area contributed by atoms with Gasteiger partial charge in [0.25, 0.3) is 5.69 Å². The zero-order valence-corrected chi connectivity index (χ0v) is 10.6. The van der Waals surface area contributed by atoms with Crippen LogP contribution in [0.2, 0.25) is 0 Å². The molecule has 0 saturated carbocycles. The number of rotatable bonds is 5. The molecule has 0 aromatic heterocycles. The Balaban J connectivity index is 2.27. The van der Waals surface area contributed by atoms with Crippen LogP contribution in [0.5, 0.6) is 0 Å². The van der Waals surface area contributed by atoms with E-state index < -0.39 is 16.8 Å². The van der Waals surface area contributed by atoms with Crippen LogP contribution in [0.15, 0.2) is 54.6 Å². The van der Waals surface area contributed by atoms with E-state index in [0.717, 1.165) is 0 Å². The van der Waals surface area contributed by atoms with Crippen LogP contribution in [0.4, 0.5) is 5.69 Å². The molecule has 1 unspecified atom stereocenters. The summed E-state index contributed by atoms with van der Waals surface area (Å²) in [7, 11) is 0. The summed E-state index contributed by atoms with van der Waals surface area (Å²) in [6.45, 7) is 0. The number of hydrogen-bond acceptors (Lipinski definition) is 3. The molecule has 0 radical (unpaired) electrons. The second-order valence-electron chi connectivity index (χ2n) is 4.43. The Morgan fingerprint density at radius 3 is 2.45 bits per heavy atom. The van der Waals surface area contributed by atoms with Crippen molar-refractivity contribution in [1.29, 1.82) is 0 Å². The summed E-state index contributed by atoms with van der Waals surface area (Å²) in [6.07, 6.45) is 0.223. The molecule has 0 aliphatic rings. The summed E-state index contributed by atoms with van der Waals surface area (Å²) in [5.74, 6) is -1.65. The van der Waals surface area contributed by atoms with Gasteiger partial charge in [-0.1, -0.05) is 42.5 Å². The average Bonchev–Trinajstić information content (AvgIpc) is 2.45. The lowest BCUT2D eigenvalue weighted by Crippen LogP contribution is -2.14. The molecule has 0 aliphatic carbocycles. The maximum Gasteiger partial charge on any atom is 0.311 e. The maximum atomic E-state index is 11.4. The zero-order chi connectivity index (χ0) is 14.5. The number of non-ortho nitro benzene ring substituents is 1. The number of benzene rings is 2. The van der Waals surface area contributed by atoms with Crippen molar-refractivity contribution in [2.75, 3.05) is 0 Å². The number of nitro groups is 1. The molecule has 0 heterocycles. The summed E-state index contributed by atoms with van der Waals surface area (Å²) in [5, 5.41) is 20.1. The fraction of sp³-hybridized carbons (Fsp3) is 0.133. The first-order valence-corrected chi connectivity index (χ1v) is 6.09. The van der Waals surface area contributed by atoms with Gasteiger partial charge in [0.05, 0.1) is 10.8 Å². The lowest BCUT2D eigenvalue weighted by molar-refractivity contribution is -0.384. The molecule has 5 heteroatoms. The molecular formula is C15H13NO4. The van der Waals surface area contributed by atoms with Gasteiger partial charge in [0.1, 0.15) is 0 Å². The van der Waals surface area contributed by atoms with Crippen LogP contribution >= 0.6 is 0 Å². The third-order valence-electron chi connectivity index (χ3n) is 3.06. The number of carboxylic acid groups (broad SMARTS) is 1. The van der Waals surface area contributed by atoms with Crippen molar-refractivity contribution < 1.29 is 14.8 Å². The molecule has 0 fully saturated rings. The Kier molecular flexibility index (Phi) is 4.10. The van der Waals surface area contributed by atoms with E-state index in [0.29, 0.717) is 11.1 Å². The van der Waals surface area contributed by atoms with Gasteiger partial charge < -0.3 is 5.11 Å². The lowest BCUT2D eigenvalue weighted by atomic mass is 9.92. The third-order valence-corrected chi connectivity index (χ3v) is 3.06. The summed E-state index contributed by atoms with van der Waals surface area (Å²) >= 11 is 0. The van der Waals surface area contributed by atoms with Crippen LogP contribution in [-0.4, -0.2) is 16.0 Å². The van der Waals surface area contributed by atoms with Crippen LogP contribution in [0, 0.1) is 10.1 Å². The number of carbonyl (C=O) groups is 1. The van der Waals surface area contributed by atoms with Gasteiger partial charge in [-0.15, -0.1) is 0 Å². The molecule has 2 rings (SSSR count). The van der Waals surface area contributed by atoms with E-state index in [-0.39, 0.29) is 12.1 Å². The van der Waals surface area contributed by atoms with Gasteiger partial charge in [-0.25, -0.2) is 0 Å². The Labute approximate surface area is 115 Å². The highest BCUT2D eigenvalue weighted by Crippen LogP contribution is 2.23. The van der Waals surface area contributed by atoms with E-state index in [4.69, 9.17) is 0 Å². The summed E-state index contributed by atoms with van der Waals surface area (Å²) < 4.78 is 0. The maximum absolute atomic E-state index is 11.4. The molecule has 0 amide bonds. The molecule has 2 aromatic rings. The van der Waals surface area contributed by atoms with Gasteiger partial charge in [-0.05, 0) is 17.5 Å². The molecule has 5 nitrogen and oxygen atoms in total. The third kappa shape index (κ3) is 3.20. The van der Waals surface area contributed by atoms with E-state index in [1.54, 1.807) is 36.4 Å². The van der Waals surface area contributed by atoms with E-state index in [1.165, 1.54) is 12.1 Å². The normalized spacial score (nSPS) is 11.8. The first-order chi connectivity index (χ1) is 9.58. The predicted molar refractivity (Wildman–Crippen MR) is 73.6 cm³/mol. The first-order valence-electron chi connectivity index (χ1n) is 6.09. The summed E-state index contributed by atoms with van der Waals surface area (Å²) in [4.78, 5) is 21.6. The topological polar surface area (TPSA) is 80.4 Å². The summed E-state index contributed by atoms with van der Waals surface area (Å²) in [6, 6.07) is 14.9. The van der Waals surface area contributed by atoms with Crippen LogP contribution in [0.25, 0.3) is 0 Å². The van der Waals surface area contributed by atoms with Gasteiger partial charge in [-0.2, -0.15) is 0 Å². The molecular weight excluding hydrogens is 258 g/mol. The minimum Gasteiger partial charge on any atom is -0.481 e. The SMILES string of the molecule is O=C(O)C(Cc1cccc([N+](=O)[O-])c1)c1ccccc1. The lowest BCUT2D eigenvalue weighted by Gasteiger charge is -2.12. The average molecular weight is 271 g/mol. The fourth-order valence-electron chi connectivity index (χ4n) is 2.07. The molecule has 102 valence electrons. The van der Waals surface area contributed by atoms with Crippen LogP contribution < -0.4 is 0 Å². The zero-order valence-electron chi connectivity index (χ0n) is 10.6. The van der Waals surface area contributed by atoms with Gasteiger partial charge in [0.2, 0.25) is 0 Å². The minimum atomic E-state index is -0.942. The molecule has 0 spiro atoms. The standard InChI is InChI=1S/C15H13NO4/c17-15(18)14(12-6-2-1-3-7-12)10-11-5-4-8-13(9-11)16(19)20/h1-9,14H,10H2,(H,17,18). The van der Waals surface area contributed by atoms with Gasteiger partial charge in [0, 0.05) is 12.1 Å². The van der Waals surface area contributed by atoms with E-state index in [9.17, 15) is 20.0 Å². The highest BCUT2D eigenvalue weighted by molar-refractivity contribution is 5.76. The summed E-state index contributed by atoms with van der Waals surface area (Å²) in [5.41, 5.74) is 1.29. The molecule has 0 saturated heterocycles. The molecule has 1 N–H and O–H groups in total. The monoisotopic (exact) mass is 271 g/mol. The van der Waals surface area contributed by atoms with Crippen molar-refractivity contribution in [3.05, 3.63) is 75.8 Å². The largest absolute Gasteiger partial charge is 0.481 e. The van der Waals surface area contributed by atoms with Crippen LogP contribution in [-0.2, 0) is 11.2 Å². The number of carboxylic acids is 1. The second-order valence-corrected chi connectivity index (χ2v) is 4.43. The fourth-order valence-corrected chi connectivity index (χ4v) is 2.07. The minimum absolute atomic E-state index is 0.0281. The number of aliphatic carboxylic acids is 1. The second kappa shape index (κ2) is 5.97. The van der Waals surface area contributed by atoms with Gasteiger partial charge in [-0.3, -0.25) is 14.9 Å². The van der Waals surface area contributed by atoms with E-state index >= 15 is 0 Å². The van der Waals surface area contributed by atoms with Crippen molar-refractivity contribution in [2.24, 2.45) is 0 Å². The van der Waals surface area contributed by atoms with Crippen molar-refractivity contribution in [1.82, 2.24) is 0 Å². The quantitative estimate of drug-likeness (QED) is 0.669. The predicted octanol–water partition coefficient (Wildman–Crippen LogP) is 3.01. The van der Waals surface area contributed by atoms with E-state index in [1.807, 2.05) is 6.07 Å².